The summed E-state index contributed by atoms with van der Waals surface area (Å²) in [5.74, 6) is 1.60. The van der Waals surface area contributed by atoms with Gasteiger partial charge in [-0.25, -0.2) is 0 Å². The molecule has 0 aliphatic rings. The van der Waals surface area contributed by atoms with E-state index in [9.17, 15) is 0 Å². The minimum Gasteiger partial charge on any atom is -0.256 e. The highest BCUT2D eigenvalue weighted by Gasteiger charge is 1.62. The second kappa shape index (κ2) is 4.42. The van der Waals surface area contributed by atoms with E-state index in [0.717, 1.165) is 0 Å². The van der Waals surface area contributed by atoms with Gasteiger partial charge in [-0.05, 0) is 5.82 Å². The Morgan fingerprint density at radius 1 is 2.00 bits per heavy atom. The van der Waals surface area contributed by atoms with E-state index < -0.39 is 0 Å². The van der Waals surface area contributed by atoms with Crippen molar-refractivity contribution in [3.8, 4) is 0 Å². The first-order valence-corrected chi connectivity index (χ1v) is 2.35. The van der Waals surface area contributed by atoms with E-state index in [2.05, 4.69) is 10.7 Å². The van der Waals surface area contributed by atoms with Crippen molar-refractivity contribution in [1.82, 2.24) is 0 Å². The lowest BCUT2D eigenvalue weighted by Crippen LogP contribution is -1.33. The van der Waals surface area contributed by atoms with Gasteiger partial charge in [0.1, 0.15) is 0 Å². The van der Waals surface area contributed by atoms with Gasteiger partial charge in [0.2, 0.25) is 0 Å². The first-order valence-electron chi connectivity index (χ1n) is 1.06. The maximum Gasteiger partial charge on any atom is 0.0647 e. The van der Waals surface area contributed by atoms with Gasteiger partial charge in [-0.3, -0.25) is 4.08 Å². The molecule has 0 saturated heterocycles. The summed E-state index contributed by atoms with van der Waals surface area (Å²) in [6.45, 7) is 3.35. The minimum absolute atomic E-state index is 0.227. The molecule has 0 amide bonds. The Balaban J connectivity index is 2.40. The summed E-state index contributed by atoms with van der Waals surface area (Å²) in [5, 5.41) is 0. The van der Waals surface area contributed by atoms with Crippen LogP contribution in [0.15, 0.2) is 12.4 Å². The topological polar surface area (TPSA) is 9.23 Å². The van der Waals surface area contributed by atoms with Crippen molar-refractivity contribution < 1.29 is 4.08 Å². The fourth-order valence-electron chi connectivity index (χ4n) is 0.0315. The third-order valence-corrected chi connectivity index (χ3v) is 0.651. The van der Waals surface area contributed by atoms with Crippen LogP contribution in [0.4, 0.5) is 0 Å². The molecule has 0 aromatic rings. The summed E-state index contributed by atoms with van der Waals surface area (Å²) < 4.78 is 4.07. The third-order valence-electron chi connectivity index (χ3n) is 0.128. The van der Waals surface area contributed by atoms with Crippen LogP contribution in [0.5, 0.6) is 0 Å². The summed E-state index contributed by atoms with van der Waals surface area (Å²) in [7, 11) is 0.227. The lowest BCUT2D eigenvalue weighted by atomic mass is 11.3. The summed E-state index contributed by atoms with van der Waals surface area (Å²) in [5.41, 5.74) is 0. The van der Waals surface area contributed by atoms with Crippen LogP contribution in [0.2, 0.25) is 0 Å². The lowest BCUT2D eigenvalue weighted by molar-refractivity contribution is 0.719. The van der Waals surface area contributed by atoms with Crippen LogP contribution in [-0.4, -0.2) is 0 Å². The zero-order valence-corrected chi connectivity index (χ0v) is 4.33. The predicted octanol–water partition coefficient (Wildman–Crippen LogP) is 1.89. The molecule has 0 radical (unpaired) electrons. The molecular formula is C2H4ClOP. The van der Waals surface area contributed by atoms with E-state index in [1.54, 1.807) is 5.82 Å². The van der Waals surface area contributed by atoms with E-state index in [-0.39, 0.29) is 8.81 Å². The maximum absolute atomic E-state index is 4.74. The van der Waals surface area contributed by atoms with Crippen LogP contribution in [-0.2, 0) is 4.08 Å². The molecule has 3 heteroatoms. The molecule has 1 atom stereocenters. The summed E-state index contributed by atoms with van der Waals surface area (Å²) >= 11 is 4.74. The molecule has 1 nitrogen and oxygen atoms in total. The molecule has 0 bridgehead atoms. The standard InChI is InChI=1S/C2H4ClOP/c1-2-5-4-3/h2,5H,1H2. The summed E-state index contributed by atoms with van der Waals surface area (Å²) in [4.78, 5) is 0. The summed E-state index contributed by atoms with van der Waals surface area (Å²) in [6, 6.07) is 0. The predicted molar refractivity (Wildman–Crippen MR) is 25.4 cm³/mol. The van der Waals surface area contributed by atoms with Gasteiger partial charge in [0.15, 0.2) is 0 Å². The highest BCUT2D eigenvalue weighted by atomic mass is 35.5. The number of halogens is 1. The summed E-state index contributed by atoms with van der Waals surface area (Å²) in [6.07, 6.45) is 0. The van der Waals surface area contributed by atoms with Crippen molar-refractivity contribution in [3.63, 3.8) is 0 Å². The molecule has 30 valence electrons. The van der Waals surface area contributed by atoms with Gasteiger partial charge in [0, 0.05) is 0 Å². The average molecular weight is 110 g/mol. The maximum atomic E-state index is 4.74. The molecule has 1 unspecified atom stereocenters. The zero-order chi connectivity index (χ0) is 4.12. The molecule has 0 aliphatic carbocycles. The Kier molecular flexibility index (Phi) is 4.79. The SMILES string of the molecule is C=CPOCl. The second-order valence-corrected chi connectivity index (χ2v) is 1.66. The molecule has 0 aromatic heterocycles. The van der Waals surface area contributed by atoms with Gasteiger partial charge in [0.05, 0.1) is 20.7 Å². The Labute approximate surface area is 38.0 Å². The van der Waals surface area contributed by atoms with Crippen LogP contribution < -0.4 is 0 Å². The van der Waals surface area contributed by atoms with Crippen molar-refractivity contribution in [2.75, 3.05) is 0 Å². The minimum atomic E-state index is 0.227. The molecule has 0 heterocycles. The van der Waals surface area contributed by atoms with E-state index in [0.29, 0.717) is 0 Å². The van der Waals surface area contributed by atoms with Crippen molar-refractivity contribution in [2.24, 2.45) is 0 Å². The third kappa shape index (κ3) is 4.42. The first-order chi connectivity index (χ1) is 2.41. The Morgan fingerprint density at radius 2 is 2.60 bits per heavy atom. The van der Waals surface area contributed by atoms with Gasteiger partial charge in [-0.2, -0.15) is 0 Å². The largest absolute Gasteiger partial charge is 0.256 e. The van der Waals surface area contributed by atoms with Crippen molar-refractivity contribution >= 4 is 20.7 Å². The number of hydrogen-bond donors (Lipinski definition) is 0. The second-order valence-electron chi connectivity index (χ2n) is 0.399. The molecule has 0 N–H and O–H groups in total. The fourth-order valence-corrected chi connectivity index (χ4v) is 0.283. The van der Waals surface area contributed by atoms with E-state index in [1.807, 2.05) is 0 Å². The molecule has 0 spiro atoms. The van der Waals surface area contributed by atoms with Gasteiger partial charge < -0.3 is 0 Å². The smallest absolute Gasteiger partial charge is 0.0647 e. The van der Waals surface area contributed by atoms with Crippen molar-refractivity contribution in [2.45, 2.75) is 0 Å². The molecule has 0 aromatic carbocycles. The van der Waals surface area contributed by atoms with Gasteiger partial charge >= 0.3 is 0 Å². The fraction of sp³-hybridized carbons (Fsp3) is 0. The number of rotatable bonds is 2. The molecule has 0 saturated carbocycles. The van der Waals surface area contributed by atoms with Gasteiger partial charge in [-0.15, -0.1) is 0 Å². The van der Waals surface area contributed by atoms with Gasteiger partial charge in [0.25, 0.3) is 0 Å². The Hall–Kier alpha value is 0.420. The quantitative estimate of drug-likeness (QED) is 0.493. The van der Waals surface area contributed by atoms with Gasteiger partial charge in [-0.1, -0.05) is 6.58 Å². The highest BCUT2D eigenvalue weighted by molar-refractivity contribution is 7.37. The zero-order valence-electron chi connectivity index (χ0n) is 2.57. The number of hydrogen-bond acceptors (Lipinski definition) is 1. The first kappa shape index (κ1) is 5.42. The monoisotopic (exact) mass is 110 g/mol. The van der Waals surface area contributed by atoms with Crippen LogP contribution in [0.3, 0.4) is 0 Å². The van der Waals surface area contributed by atoms with E-state index >= 15 is 0 Å². The normalized spacial score (nSPS) is 9.80. The van der Waals surface area contributed by atoms with Crippen LogP contribution in [0.25, 0.3) is 0 Å². The molecule has 0 fully saturated rings. The highest BCUT2D eigenvalue weighted by Crippen LogP contribution is 2.12. The van der Waals surface area contributed by atoms with Crippen molar-refractivity contribution in [1.29, 1.82) is 0 Å². The molecule has 0 aliphatic heterocycles. The van der Waals surface area contributed by atoms with Crippen LogP contribution in [0, 0.1) is 0 Å². The molecule has 0 rings (SSSR count). The van der Waals surface area contributed by atoms with Crippen molar-refractivity contribution in [3.05, 3.63) is 12.4 Å². The van der Waals surface area contributed by atoms with E-state index in [4.69, 9.17) is 11.9 Å². The molecule has 5 heavy (non-hydrogen) atoms. The van der Waals surface area contributed by atoms with Crippen LogP contribution >= 0.6 is 20.7 Å². The van der Waals surface area contributed by atoms with Crippen LogP contribution in [0.1, 0.15) is 0 Å². The molecular weight excluding hydrogens is 106 g/mol. The Bertz CT molecular complexity index is 30.8. The lowest BCUT2D eigenvalue weighted by Gasteiger charge is -1.74. The Morgan fingerprint density at radius 3 is 2.60 bits per heavy atom. The van der Waals surface area contributed by atoms with E-state index in [1.165, 1.54) is 0 Å². The average Bonchev–Trinajstić information content (AvgIpc) is 1.41.